The highest BCUT2D eigenvalue weighted by molar-refractivity contribution is 5.79. The second-order valence-electron chi connectivity index (χ2n) is 8.32. The van der Waals surface area contributed by atoms with E-state index in [0.29, 0.717) is 12.5 Å². The van der Waals surface area contributed by atoms with Crippen LogP contribution in [0.5, 0.6) is 0 Å². The van der Waals surface area contributed by atoms with Crippen molar-refractivity contribution in [2.75, 3.05) is 26.2 Å². The van der Waals surface area contributed by atoms with Crippen LogP contribution in [0.15, 0.2) is 9.41 Å². The van der Waals surface area contributed by atoms with Crippen LogP contribution in [-0.4, -0.2) is 51.8 Å². The van der Waals surface area contributed by atoms with E-state index in [1.165, 1.54) is 24.1 Å². The second kappa shape index (κ2) is 10.1. The molecule has 0 atom stereocenters. The summed E-state index contributed by atoms with van der Waals surface area (Å²) in [6.07, 6.45) is 2.35. The van der Waals surface area contributed by atoms with Gasteiger partial charge in [0.05, 0.1) is 24.5 Å². The molecule has 0 saturated carbocycles. The lowest BCUT2D eigenvalue weighted by Gasteiger charge is -2.31. The number of nitrogens with one attached hydrogen (secondary N) is 2. The third kappa shape index (κ3) is 5.62. The first-order valence-electron chi connectivity index (χ1n) is 11.0. The number of aryl methyl sites for hydroxylation is 4. The van der Waals surface area contributed by atoms with Gasteiger partial charge in [0.2, 0.25) is 5.89 Å². The summed E-state index contributed by atoms with van der Waals surface area (Å²) in [6.45, 7) is 15.6. The minimum atomic E-state index is 0.647. The lowest BCUT2D eigenvalue weighted by Crippen LogP contribution is -2.42. The highest BCUT2D eigenvalue weighted by atomic mass is 16.4. The molecule has 1 aliphatic rings. The molecule has 2 aromatic rings. The van der Waals surface area contributed by atoms with Crippen molar-refractivity contribution in [2.24, 2.45) is 18.0 Å². The Labute approximate surface area is 180 Å². The average molecular weight is 416 g/mol. The van der Waals surface area contributed by atoms with E-state index in [4.69, 9.17) is 9.41 Å². The Morgan fingerprint density at radius 2 is 1.87 bits per heavy atom. The van der Waals surface area contributed by atoms with Crippen LogP contribution in [0.2, 0.25) is 0 Å². The quantitative estimate of drug-likeness (QED) is 0.534. The minimum absolute atomic E-state index is 0.647. The van der Waals surface area contributed by atoms with Crippen molar-refractivity contribution >= 4 is 5.96 Å². The molecular formula is C22H37N7O. The number of aromatic nitrogens is 3. The molecule has 1 aliphatic heterocycles. The zero-order valence-electron chi connectivity index (χ0n) is 19.4. The van der Waals surface area contributed by atoms with Gasteiger partial charge in [-0.3, -0.25) is 9.58 Å². The first kappa shape index (κ1) is 22.3. The van der Waals surface area contributed by atoms with Crippen molar-refractivity contribution < 1.29 is 4.42 Å². The Morgan fingerprint density at radius 1 is 1.13 bits per heavy atom. The number of nitrogens with zero attached hydrogens (tertiary/aromatic N) is 5. The normalized spacial score (nSPS) is 16.3. The van der Waals surface area contributed by atoms with Crippen LogP contribution in [0.1, 0.15) is 54.1 Å². The Bertz CT molecular complexity index is 840. The molecule has 0 spiro atoms. The predicted molar refractivity (Wildman–Crippen MR) is 119 cm³/mol. The molecule has 1 saturated heterocycles. The van der Waals surface area contributed by atoms with Gasteiger partial charge in [0.25, 0.3) is 0 Å². The van der Waals surface area contributed by atoms with Gasteiger partial charge in [0.1, 0.15) is 5.76 Å². The molecule has 0 bridgehead atoms. The van der Waals surface area contributed by atoms with Crippen molar-refractivity contribution in [1.29, 1.82) is 0 Å². The van der Waals surface area contributed by atoms with Gasteiger partial charge in [-0.25, -0.2) is 9.98 Å². The van der Waals surface area contributed by atoms with E-state index in [9.17, 15) is 0 Å². The maximum absolute atomic E-state index is 5.74. The molecule has 8 heteroatoms. The van der Waals surface area contributed by atoms with E-state index in [2.05, 4.69) is 39.5 Å². The lowest BCUT2D eigenvalue weighted by molar-refractivity contribution is 0.164. The summed E-state index contributed by atoms with van der Waals surface area (Å²) in [4.78, 5) is 11.7. The van der Waals surface area contributed by atoms with Crippen molar-refractivity contribution in [3.8, 4) is 0 Å². The fraction of sp³-hybridized carbons (Fsp3) is 0.682. The molecule has 166 valence electrons. The molecule has 3 rings (SSSR count). The summed E-state index contributed by atoms with van der Waals surface area (Å²) in [6, 6.07) is 0. The molecule has 0 radical (unpaired) electrons. The highest BCUT2D eigenvalue weighted by Gasteiger charge is 2.21. The van der Waals surface area contributed by atoms with Gasteiger partial charge in [-0.05, 0) is 66.5 Å². The summed E-state index contributed by atoms with van der Waals surface area (Å²) in [5.41, 5.74) is 4.44. The fourth-order valence-electron chi connectivity index (χ4n) is 3.93. The summed E-state index contributed by atoms with van der Waals surface area (Å²) in [7, 11) is 1.98. The maximum Gasteiger partial charge on any atom is 0.208 e. The molecular weight excluding hydrogens is 378 g/mol. The van der Waals surface area contributed by atoms with Gasteiger partial charge < -0.3 is 15.1 Å². The van der Waals surface area contributed by atoms with Crippen LogP contribution in [0.3, 0.4) is 0 Å². The molecule has 2 N–H and O–H groups in total. The lowest BCUT2D eigenvalue weighted by atomic mass is 9.97. The number of oxazole rings is 1. The maximum atomic E-state index is 5.74. The van der Waals surface area contributed by atoms with Crippen molar-refractivity contribution in [3.63, 3.8) is 0 Å². The number of hydrogen-bond donors (Lipinski definition) is 2. The van der Waals surface area contributed by atoms with Crippen molar-refractivity contribution in [1.82, 2.24) is 30.3 Å². The van der Waals surface area contributed by atoms with Crippen molar-refractivity contribution in [3.05, 3.63) is 34.3 Å². The molecule has 0 aromatic carbocycles. The second-order valence-corrected chi connectivity index (χ2v) is 8.32. The zero-order chi connectivity index (χ0) is 21.7. The molecule has 1 fully saturated rings. The topological polar surface area (TPSA) is 83.5 Å². The van der Waals surface area contributed by atoms with Gasteiger partial charge >= 0.3 is 0 Å². The molecule has 0 amide bonds. The van der Waals surface area contributed by atoms with Crippen LogP contribution in [0, 0.1) is 33.6 Å². The van der Waals surface area contributed by atoms with Gasteiger partial charge in [-0.1, -0.05) is 0 Å². The molecule has 30 heavy (non-hydrogen) atoms. The third-order valence-electron chi connectivity index (χ3n) is 6.10. The number of piperidine rings is 1. The van der Waals surface area contributed by atoms with E-state index in [0.717, 1.165) is 61.7 Å². The average Bonchev–Trinajstić information content (AvgIpc) is 3.15. The Balaban J connectivity index is 1.47. The monoisotopic (exact) mass is 415 g/mol. The van der Waals surface area contributed by atoms with E-state index in [1.54, 1.807) is 0 Å². The van der Waals surface area contributed by atoms with Gasteiger partial charge in [-0.2, -0.15) is 5.10 Å². The number of rotatable bonds is 7. The number of guanidine groups is 1. The predicted octanol–water partition coefficient (Wildman–Crippen LogP) is 2.61. The number of aliphatic imine (C=N–C) groups is 1. The van der Waals surface area contributed by atoms with Crippen LogP contribution >= 0.6 is 0 Å². The minimum Gasteiger partial charge on any atom is -0.444 e. The van der Waals surface area contributed by atoms with E-state index >= 15 is 0 Å². The number of likely N-dealkylation sites (tertiary alicyclic amines) is 1. The molecule has 3 heterocycles. The summed E-state index contributed by atoms with van der Waals surface area (Å²) < 4.78 is 7.66. The summed E-state index contributed by atoms with van der Waals surface area (Å²) in [5.74, 6) is 3.30. The molecule has 8 nitrogen and oxygen atoms in total. The summed E-state index contributed by atoms with van der Waals surface area (Å²) >= 11 is 0. The SMILES string of the molecule is CCNC(=NCc1c(C)nn(C)c1C)NCC1CCN(Cc2nc(C)c(C)o2)CC1. The third-order valence-corrected chi connectivity index (χ3v) is 6.10. The van der Waals surface area contributed by atoms with Gasteiger partial charge in [-0.15, -0.1) is 0 Å². The Morgan fingerprint density at radius 3 is 2.43 bits per heavy atom. The van der Waals surface area contributed by atoms with Gasteiger partial charge in [0, 0.05) is 31.4 Å². The standard InChI is InChI=1S/C22H37N7O/c1-7-23-22(25-13-20-16(3)27-28(6)17(20)4)24-12-19-8-10-29(11-9-19)14-21-26-15(2)18(5)30-21/h19H,7-14H2,1-6H3,(H2,23,24,25). The van der Waals surface area contributed by atoms with Crippen LogP contribution in [-0.2, 0) is 20.1 Å². The fourth-order valence-corrected chi connectivity index (χ4v) is 3.93. The largest absolute Gasteiger partial charge is 0.444 e. The van der Waals surface area contributed by atoms with Gasteiger partial charge in [0.15, 0.2) is 5.96 Å². The Hall–Kier alpha value is -2.35. The molecule has 0 aliphatic carbocycles. The molecule has 0 unspecified atom stereocenters. The first-order valence-corrected chi connectivity index (χ1v) is 11.0. The molecule has 2 aromatic heterocycles. The van der Waals surface area contributed by atoms with E-state index in [-0.39, 0.29) is 0 Å². The van der Waals surface area contributed by atoms with Crippen LogP contribution in [0.4, 0.5) is 0 Å². The van der Waals surface area contributed by atoms with Crippen LogP contribution in [0.25, 0.3) is 0 Å². The smallest absolute Gasteiger partial charge is 0.208 e. The highest BCUT2D eigenvalue weighted by Crippen LogP contribution is 2.19. The zero-order valence-corrected chi connectivity index (χ0v) is 19.4. The summed E-state index contributed by atoms with van der Waals surface area (Å²) in [5, 5.41) is 11.4. The van der Waals surface area contributed by atoms with Crippen LogP contribution < -0.4 is 10.6 Å². The van der Waals surface area contributed by atoms with E-state index in [1.807, 2.05) is 32.5 Å². The van der Waals surface area contributed by atoms with E-state index < -0.39 is 0 Å². The first-order chi connectivity index (χ1) is 14.4. The van der Waals surface area contributed by atoms with Crippen molar-refractivity contribution in [2.45, 2.75) is 60.5 Å². The number of hydrogen-bond acceptors (Lipinski definition) is 5. The Kier molecular flexibility index (Phi) is 7.53.